The van der Waals surface area contributed by atoms with Crippen molar-refractivity contribution in [1.29, 1.82) is 0 Å². The Labute approximate surface area is 157 Å². The van der Waals surface area contributed by atoms with Crippen molar-refractivity contribution in [1.82, 2.24) is 10.6 Å². The molecule has 2 aromatic rings. The molecule has 0 aliphatic carbocycles. The highest BCUT2D eigenvalue weighted by molar-refractivity contribution is 5.90. The maximum atomic E-state index is 11.7. The molecule has 2 aromatic carbocycles. The monoisotopic (exact) mass is 373 g/mol. The van der Waals surface area contributed by atoms with Gasteiger partial charge < -0.3 is 30.9 Å². The minimum atomic E-state index is -1.09. The van der Waals surface area contributed by atoms with E-state index >= 15 is 0 Å². The quantitative estimate of drug-likeness (QED) is 0.403. The van der Waals surface area contributed by atoms with Crippen LogP contribution in [-0.4, -0.2) is 54.6 Å². The molecule has 0 radical (unpaired) electrons. The summed E-state index contributed by atoms with van der Waals surface area (Å²) in [5.74, 6) is -0.874. The molecule has 1 atom stereocenters. The largest absolute Gasteiger partial charge is 0.490 e. The SMILES string of the molecule is O=C(NCCNCC(O)COc1ccccc1C(=O)O)Nc1ccccc1. The summed E-state index contributed by atoms with van der Waals surface area (Å²) in [6.07, 6.45) is -0.815. The van der Waals surface area contributed by atoms with Gasteiger partial charge in [-0.25, -0.2) is 9.59 Å². The summed E-state index contributed by atoms with van der Waals surface area (Å²) < 4.78 is 5.37. The molecule has 0 heterocycles. The maximum absolute atomic E-state index is 11.7. The Morgan fingerprint density at radius 1 is 1.00 bits per heavy atom. The standard InChI is InChI=1S/C19H23N3O5/c23-15(13-27-17-9-5-4-8-16(17)18(24)25)12-20-10-11-21-19(26)22-14-6-2-1-3-7-14/h1-9,15,20,23H,10-13H2,(H,24,25)(H2,21,22,26). The van der Waals surface area contributed by atoms with Crippen LogP contribution in [0.25, 0.3) is 0 Å². The summed E-state index contributed by atoms with van der Waals surface area (Å²) in [6.45, 7) is 1.05. The summed E-state index contributed by atoms with van der Waals surface area (Å²) >= 11 is 0. The normalized spacial score (nSPS) is 11.4. The number of ether oxygens (including phenoxy) is 1. The number of amides is 2. The number of carboxylic acid groups (broad SMARTS) is 1. The lowest BCUT2D eigenvalue weighted by Crippen LogP contribution is -2.38. The van der Waals surface area contributed by atoms with Crippen molar-refractivity contribution in [3.8, 4) is 5.75 Å². The second-order valence-electron chi connectivity index (χ2n) is 5.72. The molecule has 0 spiro atoms. The summed E-state index contributed by atoms with van der Waals surface area (Å²) in [5.41, 5.74) is 0.753. The molecule has 2 rings (SSSR count). The van der Waals surface area contributed by atoms with E-state index in [0.717, 1.165) is 0 Å². The Morgan fingerprint density at radius 3 is 2.44 bits per heavy atom. The van der Waals surface area contributed by atoms with Crippen LogP contribution in [0.2, 0.25) is 0 Å². The van der Waals surface area contributed by atoms with Crippen LogP contribution in [0.5, 0.6) is 5.75 Å². The van der Waals surface area contributed by atoms with Gasteiger partial charge in [-0.1, -0.05) is 30.3 Å². The van der Waals surface area contributed by atoms with Gasteiger partial charge >= 0.3 is 12.0 Å². The van der Waals surface area contributed by atoms with E-state index in [2.05, 4.69) is 16.0 Å². The molecule has 8 nitrogen and oxygen atoms in total. The first kappa shape index (κ1) is 20.2. The first-order valence-corrected chi connectivity index (χ1v) is 8.50. The molecule has 0 fully saturated rings. The van der Waals surface area contributed by atoms with E-state index in [4.69, 9.17) is 9.84 Å². The van der Waals surface area contributed by atoms with E-state index in [1.165, 1.54) is 6.07 Å². The van der Waals surface area contributed by atoms with Crippen molar-refractivity contribution >= 4 is 17.7 Å². The molecule has 0 saturated carbocycles. The number of aliphatic hydroxyl groups is 1. The number of rotatable bonds is 10. The molecular weight excluding hydrogens is 350 g/mol. The highest BCUT2D eigenvalue weighted by Crippen LogP contribution is 2.17. The second kappa shape index (κ2) is 10.8. The van der Waals surface area contributed by atoms with E-state index in [1.807, 2.05) is 18.2 Å². The van der Waals surface area contributed by atoms with E-state index in [9.17, 15) is 14.7 Å². The van der Waals surface area contributed by atoms with E-state index in [1.54, 1.807) is 30.3 Å². The first-order chi connectivity index (χ1) is 13.1. The highest BCUT2D eigenvalue weighted by atomic mass is 16.5. The van der Waals surface area contributed by atoms with Gasteiger partial charge in [0.1, 0.15) is 24.0 Å². The van der Waals surface area contributed by atoms with Gasteiger partial charge in [0.25, 0.3) is 0 Å². The molecule has 8 heteroatoms. The zero-order chi connectivity index (χ0) is 19.5. The van der Waals surface area contributed by atoms with Gasteiger partial charge in [-0.05, 0) is 24.3 Å². The molecule has 0 aliphatic rings. The van der Waals surface area contributed by atoms with Crippen LogP contribution in [0.4, 0.5) is 10.5 Å². The fourth-order valence-electron chi connectivity index (χ4n) is 2.24. The van der Waals surface area contributed by atoms with Gasteiger partial charge in [0.2, 0.25) is 0 Å². The zero-order valence-electron chi connectivity index (χ0n) is 14.7. The molecule has 0 aliphatic heterocycles. The maximum Gasteiger partial charge on any atom is 0.339 e. The van der Waals surface area contributed by atoms with Crippen molar-refractivity contribution < 1.29 is 24.5 Å². The van der Waals surface area contributed by atoms with E-state index in [-0.39, 0.29) is 30.5 Å². The zero-order valence-corrected chi connectivity index (χ0v) is 14.7. The van der Waals surface area contributed by atoms with Crippen LogP contribution in [-0.2, 0) is 0 Å². The number of benzene rings is 2. The van der Waals surface area contributed by atoms with Gasteiger partial charge in [0, 0.05) is 25.3 Å². The van der Waals surface area contributed by atoms with Crippen molar-refractivity contribution in [2.45, 2.75) is 6.10 Å². The lowest BCUT2D eigenvalue weighted by molar-refractivity contribution is 0.0683. The van der Waals surface area contributed by atoms with Crippen molar-refractivity contribution in [2.24, 2.45) is 0 Å². The molecule has 27 heavy (non-hydrogen) atoms. The summed E-state index contributed by atoms with van der Waals surface area (Å²) in [6, 6.07) is 15.0. The number of nitrogens with one attached hydrogen (secondary N) is 3. The summed E-state index contributed by atoms with van der Waals surface area (Å²) in [7, 11) is 0. The number of carboxylic acids is 1. The molecule has 0 bridgehead atoms. The van der Waals surface area contributed by atoms with Crippen molar-refractivity contribution in [3.63, 3.8) is 0 Å². The van der Waals surface area contributed by atoms with Crippen LogP contribution >= 0.6 is 0 Å². The summed E-state index contributed by atoms with van der Waals surface area (Å²) in [4.78, 5) is 22.8. The minimum Gasteiger partial charge on any atom is -0.490 e. The summed E-state index contributed by atoms with van der Waals surface area (Å²) in [5, 5.41) is 27.4. The average molecular weight is 373 g/mol. The molecular formula is C19H23N3O5. The number of hydrogen-bond donors (Lipinski definition) is 5. The first-order valence-electron chi connectivity index (χ1n) is 8.50. The fourth-order valence-corrected chi connectivity index (χ4v) is 2.24. The predicted octanol–water partition coefficient (Wildman–Crippen LogP) is 1.54. The molecule has 1 unspecified atom stereocenters. The molecule has 0 aromatic heterocycles. The van der Waals surface area contributed by atoms with Gasteiger partial charge in [-0.15, -0.1) is 0 Å². The minimum absolute atomic E-state index is 0.0424. The van der Waals surface area contributed by atoms with Crippen LogP contribution in [0.1, 0.15) is 10.4 Å². The van der Waals surface area contributed by atoms with Crippen LogP contribution in [0, 0.1) is 0 Å². The van der Waals surface area contributed by atoms with Crippen LogP contribution in [0.15, 0.2) is 54.6 Å². The van der Waals surface area contributed by atoms with Crippen LogP contribution in [0.3, 0.4) is 0 Å². The van der Waals surface area contributed by atoms with Gasteiger partial charge in [-0.3, -0.25) is 0 Å². The Morgan fingerprint density at radius 2 is 1.70 bits per heavy atom. The van der Waals surface area contributed by atoms with Gasteiger partial charge in [0.15, 0.2) is 0 Å². The predicted molar refractivity (Wildman–Crippen MR) is 101 cm³/mol. The number of urea groups is 1. The Hall–Kier alpha value is -3.10. The number of aromatic carboxylic acids is 1. The topological polar surface area (TPSA) is 120 Å². The number of aliphatic hydroxyl groups excluding tert-OH is 1. The third kappa shape index (κ3) is 7.35. The fraction of sp³-hybridized carbons (Fsp3) is 0.263. The Balaban J connectivity index is 1.59. The lowest BCUT2D eigenvalue weighted by Gasteiger charge is -2.14. The number of carbonyl (C=O) groups excluding carboxylic acids is 1. The smallest absolute Gasteiger partial charge is 0.339 e. The van der Waals surface area contributed by atoms with Crippen molar-refractivity contribution in [3.05, 3.63) is 60.2 Å². The van der Waals surface area contributed by atoms with Crippen molar-refractivity contribution in [2.75, 3.05) is 31.6 Å². The number of carbonyl (C=O) groups is 2. The Bertz CT molecular complexity index is 739. The molecule has 2 amide bonds. The number of anilines is 1. The Kier molecular flexibility index (Phi) is 8.08. The third-order valence-corrected chi connectivity index (χ3v) is 3.55. The highest BCUT2D eigenvalue weighted by Gasteiger charge is 2.12. The number of para-hydroxylation sites is 2. The molecule has 0 saturated heterocycles. The second-order valence-corrected chi connectivity index (χ2v) is 5.72. The molecule has 5 N–H and O–H groups in total. The van der Waals surface area contributed by atoms with E-state index in [0.29, 0.717) is 18.8 Å². The van der Waals surface area contributed by atoms with Gasteiger partial charge in [-0.2, -0.15) is 0 Å². The van der Waals surface area contributed by atoms with Crippen LogP contribution < -0.4 is 20.7 Å². The average Bonchev–Trinajstić information content (AvgIpc) is 2.67. The third-order valence-electron chi connectivity index (χ3n) is 3.55. The number of hydrogen-bond acceptors (Lipinski definition) is 5. The molecule has 144 valence electrons. The van der Waals surface area contributed by atoms with E-state index < -0.39 is 12.1 Å². The van der Waals surface area contributed by atoms with Gasteiger partial charge in [0.05, 0.1) is 0 Å². The lowest BCUT2D eigenvalue weighted by atomic mass is 10.2.